The molecule has 1 aliphatic heterocycles. The van der Waals surface area contributed by atoms with Crippen molar-refractivity contribution in [3.63, 3.8) is 0 Å². The molecule has 0 spiro atoms. The van der Waals surface area contributed by atoms with Crippen molar-refractivity contribution in [2.45, 2.75) is 39.2 Å². The summed E-state index contributed by atoms with van der Waals surface area (Å²) in [5, 5.41) is 2.88. The minimum atomic E-state index is -0.830. The van der Waals surface area contributed by atoms with Gasteiger partial charge in [-0.15, -0.1) is 0 Å². The molecule has 0 radical (unpaired) electrons. The summed E-state index contributed by atoms with van der Waals surface area (Å²) in [6, 6.07) is 3.92. The molecule has 1 aromatic carbocycles. The lowest BCUT2D eigenvalue weighted by Gasteiger charge is -2.32. The van der Waals surface area contributed by atoms with Crippen molar-refractivity contribution in [1.82, 2.24) is 10.2 Å². The Bertz CT molecular complexity index is 682. The second kappa shape index (κ2) is 6.94. The van der Waals surface area contributed by atoms with Crippen LogP contribution in [0.2, 0.25) is 0 Å². The molecular formula is C19H26N2O4. The number of fused-ring (bicyclic) bond motifs is 1. The van der Waals surface area contributed by atoms with Gasteiger partial charge in [0.05, 0.1) is 14.2 Å². The fourth-order valence-corrected chi connectivity index (χ4v) is 3.43. The molecule has 1 fully saturated rings. The lowest BCUT2D eigenvalue weighted by molar-refractivity contribution is -0.145. The summed E-state index contributed by atoms with van der Waals surface area (Å²) >= 11 is 0. The monoisotopic (exact) mass is 346 g/mol. The third-order valence-electron chi connectivity index (χ3n) is 5.13. The van der Waals surface area contributed by atoms with Gasteiger partial charge in [-0.25, -0.2) is 0 Å². The van der Waals surface area contributed by atoms with Crippen molar-refractivity contribution < 1.29 is 19.1 Å². The summed E-state index contributed by atoms with van der Waals surface area (Å²) in [6.07, 6.45) is 2.93. The first kappa shape index (κ1) is 17.6. The van der Waals surface area contributed by atoms with Crippen LogP contribution >= 0.6 is 0 Å². The zero-order valence-electron chi connectivity index (χ0n) is 15.2. The molecule has 6 heteroatoms. The van der Waals surface area contributed by atoms with Gasteiger partial charge in [-0.1, -0.05) is 6.92 Å². The second-order valence-corrected chi connectivity index (χ2v) is 6.79. The number of nitrogens with zero attached hydrogens (tertiary/aromatic N) is 1. The van der Waals surface area contributed by atoms with E-state index >= 15 is 0 Å². The van der Waals surface area contributed by atoms with Gasteiger partial charge < -0.3 is 19.7 Å². The molecule has 1 N–H and O–H groups in total. The third kappa shape index (κ3) is 3.17. The molecule has 25 heavy (non-hydrogen) atoms. The summed E-state index contributed by atoms with van der Waals surface area (Å²) in [5.41, 5.74) is 1.40. The van der Waals surface area contributed by atoms with E-state index in [-0.39, 0.29) is 11.8 Å². The Kier molecular flexibility index (Phi) is 4.88. The van der Waals surface area contributed by atoms with Crippen LogP contribution in [-0.2, 0) is 22.6 Å². The van der Waals surface area contributed by atoms with Crippen LogP contribution in [0.4, 0.5) is 0 Å². The van der Waals surface area contributed by atoms with E-state index in [9.17, 15) is 9.59 Å². The normalized spacial score (nSPS) is 17.5. The van der Waals surface area contributed by atoms with Crippen molar-refractivity contribution in [2.24, 2.45) is 5.41 Å². The Morgan fingerprint density at radius 1 is 1.16 bits per heavy atom. The van der Waals surface area contributed by atoms with E-state index in [1.165, 1.54) is 5.56 Å². The van der Waals surface area contributed by atoms with Gasteiger partial charge in [0.15, 0.2) is 11.5 Å². The SMILES string of the molecule is CCCNC(=O)C1(C(=O)N2CCc3cc(OC)c(OC)cc3C2)CC1. The van der Waals surface area contributed by atoms with Crippen LogP contribution in [0, 0.1) is 5.41 Å². The number of benzene rings is 1. The highest BCUT2D eigenvalue weighted by atomic mass is 16.5. The number of ether oxygens (including phenoxy) is 2. The summed E-state index contributed by atoms with van der Waals surface area (Å²) < 4.78 is 10.7. The number of hydrogen-bond acceptors (Lipinski definition) is 4. The maximum absolute atomic E-state index is 13.0. The van der Waals surface area contributed by atoms with Crippen LogP contribution in [0.3, 0.4) is 0 Å². The van der Waals surface area contributed by atoms with Crippen molar-refractivity contribution in [3.05, 3.63) is 23.3 Å². The fraction of sp³-hybridized carbons (Fsp3) is 0.579. The number of carbonyl (C=O) groups excluding carboxylic acids is 2. The van der Waals surface area contributed by atoms with Crippen molar-refractivity contribution in [3.8, 4) is 11.5 Å². The maximum atomic E-state index is 13.0. The van der Waals surface area contributed by atoms with Crippen LogP contribution in [-0.4, -0.2) is 44.0 Å². The first-order valence-electron chi connectivity index (χ1n) is 8.87. The molecule has 6 nitrogen and oxygen atoms in total. The number of carbonyl (C=O) groups is 2. The predicted molar refractivity (Wildman–Crippen MR) is 93.6 cm³/mol. The van der Waals surface area contributed by atoms with Crippen molar-refractivity contribution in [2.75, 3.05) is 27.3 Å². The highest BCUT2D eigenvalue weighted by Gasteiger charge is 2.58. The topological polar surface area (TPSA) is 67.9 Å². The quantitative estimate of drug-likeness (QED) is 0.799. The predicted octanol–water partition coefficient (Wildman–Crippen LogP) is 1.89. The van der Waals surface area contributed by atoms with Gasteiger partial charge in [-0.2, -0.15) is 0 Å². The Morgan fingerprint density at radius 2 is 1.80 bits per heavy atom. The van der Waals surface area contributed by atoms with Gasteiger partial charge in [-0.3, -0.25) is 9.59 Å². The average molecular weight is 346 g/mol. The molecule has 0 unspecified atom stereocenters. The Labute approximate surface area is 148 Å². The van der Waals surface area contributed by atoms with Crippen LogP contribution in [0.5, 0.6) is 11.5 Å². The lowest BCUT2D eigenvalue weighted by Crippen LogP contribution is -2.47. The van der Waals surface area contributed by atoms with Crippen LogP contribution in [0.15, 0.2) is 12.1 Å². The van der Waals surface area contributed by atoms with Gasteiger partial charge in [0.25, 0.3) is 0 Å². The van der Waals surface area contributed by atoms with Gasteiger partial charge in [-0.05, 0) is 48.9 Å². The van der Waals surface area contributed by atoms with E-state index < -0.39 is 5.41 Å². The maximum Gasteiger partial charge on any atom is 0.238 e. The average Bonchev–Trinajstić information content (AvgIpc) is 3.45. The number of methoxy groups -OCH3 is 2. The van der Waals surface area contributed by atoms with E-state index in [0.29, 0.717) is 44.0 Å². The van der Waals surface area contributed by atoms with E-state index in [0.717, 1.165) is 18.4 Å². The van der Waals surface area contributed by atoms with Crippen LogP contribution in [0.25, 0.3) is 0 Å². The lowest BCUT2D eigenvalue weighted by atomic mass is 9.96. The third-order valence-corrected chi connectivity index (χ3v) is 5.13. The molecule has 136 valence electrons. The van der Waals surface area contributed by atoms with E-state index in [4.69, 9.17) is 9.47 Å². The molecule has 1 aromatic rings. The largest absolute Gasteiger partial charge is 0.493 e. The Hall–Kier alpha value is -2.24. The summed E-state index contributed by atoms with van der Waals surface area (Å²) in [4.78, 5) is 27.2. The van der Waals surface area contributed by atoms with Crippen molar-refractivity contribution in [1.29, 1.82) is 0 Å². The smallest absolute Gasteiger partial charge is 0.238 e. The van der Waals surface area contributed by atoms with Gasteiger partial charge in [0.2, 0.25) is 11.8 Å². The number of hydrogen-bond donors (Lipinski definition) is 1. The molecule has 1 heterocycles. The summed E-state index contributed by atoms with van der Waals surface area (Å²) in [6.45, 7) is 3.76. The minimum absolute atomic E-state index is 0.0402. The Morgan fingerprint density at radius 3 is 2.36 bits per heavy atom. The standard InChI is InChI=1S/C19H26N2O4/c1-4-8-20-17(22)19(6-7-19)18(23)21-9-5-13-10-15(24-2)16(25-3)11-14(13)12-21/h10-11H,4-9,12H2,1-3H3,(H,20,22). The Balaban J connectivity index is 1.76. The highest BCUT2D eigenvalue weighted by Crippen LogP contribution is 2.48. The highest BCUT2D eigenvalue weighted by molar-refractivity contribution is 6.07. The molecule has 0 saturated heterocycles. The van der Waals surface area contributed by atoms with E-state index in [1.54, 1.807) is 14.2 Å². The molecule has 2 aliphatic rings. The number of amides is 2. The first-order valence-corrected chi connectivity index (χ1v) is 8.87. The minimum Gasteiger partial charge on any atom is -0.493 e. The fourth-order valence-electron chi connectivity index (χ4n) is 3.43. The van der Waals surface area contributed by atoms with Crippen LogP contribution in [0.1, 0.15) is 37.3 Å². The summed E-state index contributed by atoms with van der Waals surface area (Å²) in [7, 11) is 3.22. The molecule has 1 saturated carbocycles. The van der Waals surface area contributed by atoms with Gasteiger partial charge in [0.1, 0.15) is 5.41 Å². The molecule has 3 rings (SSSR count). The molecule has 0 atom stereocenters. The molecule has 0 aromatic heterocycles. The number of nitrogens with one attached hydrogen (secondary N) is 1. The number of rotatable bonds is 6. The first-order chi connectivity index (χ1) is 12.1. The molecule has 0 bridgehead atoms. The molecule has 1 aliphatic carbocycles. The van der Waals surface area contributed by atoms with Gasteiger partial charge >= 0.3 is 0 Å². The second-order valence-electron chi connectivity index (χ2n) is 6.79. The van der Waals surface area contributed by atoms with Crippen LogP contribution < -0.4 is 14.8 Å². The summed E-state index contributed by atoms with van der Waals surface area (Å²) in [5.74, 6) is 1.22. The zero-order valence-corrected chi connectivity index (χ0v) is 15.2. The van der Waals surface area contributed by atoms with E-state index in [1.807, 2.05) is 24.0 Å². The van der Waals surface area contributed by atoms with Gasteiger partial charge in [0, 0.05) is 19.6 Å². The molecular weight excluding hydrogens is 320 g/mol. The van der Waals surface area contributed by atoms with Crippen molar-refractivity contribution >= 4 is 11.8 Å². The van der Waals surface area contributed by atoms with E-state index in [2.05, 4.69) is 5.32 Å². The molecule has 2 amide bonds. The zero-order chi connectivity index (χ0) is 18.0.